The van der Waals surface area contributed by atoms with Crippen LogP contribution in [0.5, 0.6) is 11.5 Å². The van der Waals surface area contributed by atoms with Gasteiger partial charge >= 0.3 is 7.60 Å². The highest BCUT2D eigenvalue weighted by Crippen LogP contribution is 2.60. The summed E-state index contributed by atoms with van der Waals surface area (Å²) in [4.78, 5) is 10.6. The van der Waals surface area contributed by atoms with Crippen LogP contribution in [0, 0.1) is 15.9 Å². The number of hydrogen-bond acceptors (Lipinski definition) is 5. The smallest absolute Gasteiger partial charge is 0.415 e. The first-order valence-electron chi connectivity index (χ1n) is 8.43. The van der Waals surface area contributed by atoms with Gasteiger partial charge in [-0.2, -0.15) is 0 Å². The molecule has 0 spiro atoms. The van der Waals surface area contributed by atoms with Gasteiger partial charge in [-0.1, -0.05) is 54.6 Å². The lowest BCUT2D eigenvalue weighted by molar-refractivity contribution is -0.480. The molecule has 0 saturated carbocycles. The molecule has 0 aliphatic rings. The summed E-state index contributed by atoms with van der Waals surface area (Å²) < 4.78 is 39.5. The highest BCUT2D eigenvalue weighted by Gasteiger charge is 2.45. The maximum absolute atomic E-state index is 14.4. The summed E-state index contributed by atoms with van der Waals surface area (Å²) in [5, 5.41) is 11.3. The average Bonchev–Trinajstić information content (AvgIpc) is 2.68. The largest absolute Gasteiger partial charge is 0.444 e. The highest BCUT2D eigenvalue weighted by molar-refractivity contribution is 7.55. The van der Waals surface area contributed by atoms with Crippen LogP contribution >= 0.6 is 7.60 Å². The van der Waals surface area contributed by atoms with E-state index in [0.29, 0.717) is 0 Å². The topological polar surface area (TPSA) is 78.7 Å². The van der Waals surface area contributed by atoms with Crippen molar-refractivity contribution in [1.29, 1.82) is 0 Å². The Bertz CT molecular complexity index is 939. The molecule has 0 N–H and O–H groups in total. The molecule has 3 aromatic carbocycles. The van der Waals surface area contributed by atoms with Crippen LogP contribution in [0.1, 0.15) is 11.2 Å². The van der Waals surface area contributed by atoms with E-state index in [2.05, 4.69) is 0 Å². The van der Waals surface area contributed by atoms with Gasteiger partial charge in [-0.05, 0) is 30.3 Å². The second-order valence-corrected chi connectivity index (χ2v) is 7.97. The van der Waals surface area contributed by atoms with E-state index in [9.17, 15) is 19.1 Å². The Labute approximate surface area is 161 Å². The van der Waals surface area contributed by atoms with Gasteiger partial charge < -0.3 is 9.05 Å². The SMILES string of the molecule is O=[N+]([O-])CC(c1ccccc1F)P(=O)(Oc1ccccc1)Oc1ccccc1. The van der Waals surface area contributed by atoms with Crippen molar-refractivity contribution in [2.75, 3.05) is 6.54 Å². The zero-order valence-electron chi connectivity index (χ0n) is 14.7. The minimum atomic E-state index is -4.26. The molecule has 0 heterocycles. The molecule has 0 aliphatic carbocycles. The first kappa shape index (κ1) is 19.6. The van der Waals surface area contributed by atoms with Gasteiger partial charge in [0.25, 0.3) is 0 Å². The molecular formula is C20H17FNO5P. The molecule has 0 radical (unpaired) electrons. The predicted molar refractivity (Wildman–Crippen MR) is 103 cm³/mol. The van der Waals surface area contributed by atoms with Gasteiger partial charge in [0.15, 0.2) is 5.66 Å². The van der Waals surface area contributed by atoms with Gasteiger partial charge in [0.1, 0.15) is 17.3 Å². The Hall–Kier alpha value is -3.18. The zero-order chi connectivity index (χ0) is 20.0. The van der Waals surface area contributed by atoms with E-state index in [-0.39, 0.29) is 17.1 Å². The third-order valence-electron chi connectivity index (χ3n) is 3.92. The molecule has 0 bridgehead atoms. The molecule has 0 aliphatic heterocycles. The number of nitrogens with zero attached hydrogens (tertiary/aromatic N) is 1. The average molecular weight is 401 g/mol. The van der Waals surface area contributed by atoms with Crippen LogP contribution in [0.2, 0.25) is 0 Å². The summed E-state index contributed by atoms with van der Waals surface area (Å²) in [6.07, 6.45) is 0. The van der Waals surface area contributed by atoms with E-state index in [1.54, 1.807) is 60.7 Å². The van der Waals surface area contributed by atoms with E-state index >= 15 is 0 Å². The predicted octanol–water partition coefficient (Wildman–Crippen LogP) is 5.49. The monoisotopic (exact) mass is 401 g/mol. The Morgan fingerprint density at radius 2 is 1.32 bits per heavy atom. The molecule has 144 valence electrons. The number of para-hydroxylation sites is 2. The Morgan fingerprint density at radius 1 is 0.857 bits per heavy atom. The third kappa shape index (κ3) is 4.75. The molecular weight excluding hydrogens is 384 g/mol. The number of hydrogen-bond donors (Lipinski definition) is 0. The second kappa shape index (κ2) is 8.67. The zero-order valence-corrected chi connectivity index (χ0v) is 15.6. The second-order valence-electron chi connectivity index (χ2n) is 5.90. The number of rotatable bonds is 8. The third-order valence-corrected chi connectivity index (χ3v) is 6.06. The van der Waals surface area contributed by atoms with Crippen LogP contribution in [0.25, 0.3) is 0 Å². The first-order valence-corrected chi connectivity index (χ1v) is 10.0. The van der Waals surface area contributed by atoms with E-state index in [1.807, 2.05) is 0 Å². The van der Waals surface area contributed by atoms with Crippen molar-refractivity contribution < 1.29 is 22.9 Å². The van der Waals surface area contributed by atoms with Crippen molar-refractivity contribution in [3.63, 3.8) is 0 Å². The summed E-state index contributed by atoms with van der Waals surface area (Å²) in [6, 6.07) is 21.8. The Balaban J connectivity index is 2.09. The van der Waals surface area contributed by atoms with Crippen molar-refractivity contribution in [1.82, 2.24) is 0 Å². The molecule has 3 rings (SSSR count). The van der Waals surface area contributed by atoms with Crippen LogP contribution in [0.15, 0.2) is 84.9 Å². The van der Waals surface area contributed by atoms with E-state index in [4.69, 9.17) is 9.05 Å². The molecule has 3 aromatic rings. The summed E-state index contributed by atoms with van der Waals surface area (Å²) in [5.74, 6) is -0.319. The van der Waals surface area contributed by atoms with Crippen molar-refractivity contribution in [2.45, 2.75) is 5.66 Å². The molecule has 0 saturated heterocycles. The van der Waals surface area contributed by atoms with Crippen molar-refractivity contribution in [3.05, 3.63) is 106 Å². The quantitative estimate of drug-likeness (QED) is 0.283. The first-order chi connectivity index (χ1) is 13.5. The van der Waals surface area contributed by atoms with Crippen LogP contribution in [0.3, 0.4) is 0 Å². The van der Waals surface area contributed by atoms with Gasteiger partial charge in [0.2, 0.25) is 6.54 Å². The Kier molecular flexibility index (Phi) is 6.06. The van der Waals surface area contributed by atoms with Crippen molar-refractivity contribution >= 4 is 7.60 Å². The standard InChI is InChI=1S/C20H17FNO5P/c21-19-14-8-7-13-18(19)20(15-22(23)24)28(25,26-16-9-3-1-4-10-16)27-17-11-5-2-6-12-17/h1-14,20H,15H2. The summed E-state index contributed by atoms with van der Waals surface area (Å²) in [6.45, 7) is -0.822. The molecule has 6 nitrogen and oxygen atoms in total. The van der Waals surface area contributed by atoms with Gasteiger partial charge in [0.05, 0.1) is 0 Å². The van der Waals surface area contributed by atoms with E-state index in [0.717, 1.165) is 6.07 Å². The fraction of sp³-hybridized carbons (Fsp3) is 0.100. The fourth-order valence-electron chi connectivity index (χ4n) is 2.66. The maximum Gasteiger partial charge on any atom is 0.444 e. The lowest BCUT2D eigenvalue weighted by Gasteiger charge is -2.26. The lowest BCUT2D eigenvalue weighted by Crippen LogP contribution is -2.19. The molecule has 0 fully saturated rings. The van der Waals surface area contributed by atoms with Gasteiger partial charge in [-0.15, -0.1) is 0 Å². The minimum Gasteiger partial charge on any atom is -0.415 e. The van der Waals surface area contributed by atoms with Crippen molar-refractivity contribution in [3.8, 4) is 11.5 Å². The summed E-state index contributed by atoms with van der Waals surface area (Å²) in [5.41, 5.74) is -1.54. The van der Waals surface area contributed by atoms with Crippen LogP contribution in [0.4, 0.5) is 4.39 Å². The van der Waals surface area contributed by atoms with Gasteiger partial charge in [-0.3, -0.25) is 10.1 Å². The Morgan fingerprint density at radius 3 is 1.79 bits per heavy atom. The van der Waals surface area contributed by atoms with Crippen LogP contribution in [-0.2, 0) is 4.57 Å². The van der Waals surface area contributed by atoms with E-state index in [1.165, 1.54) is 18.2 Å². The number of nitro groups is 1. The van der Waals surface area contributed by atoms with Crippen LogP contribution < -0.4 is 9.05 Å². The number of benzene rings is 3. The normalized spacial score (nSPS) is 12.2. The number of halogens is 1. The fourth-order valence-corrected chi connectivity index (χ4v) is 4.66. The van der Waals surface area contributed by atoms with Crippen LogP contribution in [-0.4, -0.2) is 11.5 Å². The molecule has 1 atom stereocenters. The molecule has 28 heavy (non-hydrogen) atoms. The maximum atomic E-state index is 14.4. The minimum absolute atomic E-state index is 0.102. The van der Waals surface area contributed by atoms with E-state index < -0.39 is 30.5 Å². The molecule has 8 heteroatoms. The summed E-state index contributed by atoms with van der Waals surface area (Å²) in [7, 11) is -4.26. The summed E-state index contributed by atoms with van der Waals surface area (Å²) >= 11 is 0. The van der Waals surface area contributed by atoms with Gasteiger partial charge in [-0.25, -0.2) is 8.96 Å². The highest BCUT2D eigenvalue weighted by atomic mass is 31.2. The molecule has 0 aromatic heterocycles. The molecule has 0 amide bonds. The molecule has 1 unspecified atom stereocenters. The van der Waals surface area contributed by atoms with Crippen molar-refractivity contribution in [2.24, 2.45) is 0 Å². The lowest BCUT2D eigenvalue weighted by atomic mass is 10.1. The van der Waals surface area contributed by atoms with Gasteiger partial charge in [0, 0.05) is 10.5 Å².